The van der Waals surface area contributed by atoms with Gasteiger partial charge in [0.05, 0.1) is 5.69 Å². The van der Waals surface area contributed by atoms with Crippen LogP contribution in [-0.4, -0.2) is 16.1 Å². The number of rotatable bonds is 1. The summed E-state index contributed by atoms with van der Waals surface area (Å²) in [5.41, 5.74) is 3.28. The number of aromatic amines is 1. The maximum Gasteiger partial charge on any atom is 0.330 e. The molecule has 0 saturated carbocycles. The Balaban J connectivity index is 2.10. The third-order valence-corrected chi connectivity index (χ3v) is 2.96. The maximum absolute atomic E-state index is 11.5. The van der Waals surface area contributed by atoms with Crippen LogP contribution in [0, 0.1) is 0 Å². The topological polar surface area (TPSA) is 49.8 Å². The van der Waals surface area contributed by atoms with Crippen LogP contribution in [0.2, 0.25) is 0 Å². The first kappa shape index (κ1) is 9.27. The molecule has 1 aliphatic heterocycles. The van der Waals surface area contributed by atoms with Crippen LogP contribution in [0.25, 0.3) is 5.69 Å². The van der Waals surface area contributed by atoms with E-state index in [9.17, 15) is 4.79 Å². The summed E-state index contributed by atoms with van der Waals surface area (Å²) in [6, 6.07) is 6.11. The molecule has 1 aromatic carbocycles. The highest BCUT2D eigenvalue weighted by Gasteiger charge is 2.09. The number of nitrogens with one attached hydrogen (secondary N) is 2. The summed E-state index contributed by atoms with van der Waals surface area (Å²) in [5.74, 6) is 0. The second kappa shape index (κ2) is 3.56. The first-order chi connectivity index (χ1) is 7.84. The summed E-state index contributed by atoms with van der Waals surface area (Å²) in [6.07, 6.45) is 5.68. The van der Waals surface area contributed by atoms with Gasteiger partial charge in [-0.25, -0.2) is 4.79 Å². The summed E-state index contributed by atoms with van der Waals surface area (Å²) >= 11 is 0. The van der Waals surface area contributed by atoms with Gasteiger partial charge in [-0.2, -0.15) is 0 Å². The number of fused-ring (bicyclic) bond motifs is 1. The largest absolute Gasteiger partial charge is 0.385 e. The SMILES string of the molecule is O=c1[nH]ccn1-c1ccc2c(c1)NCCC2. The van der Waals surface area contributed by atoms with Crippen molar-refractivity contribution in [1.29, 1.82) is 0 Å². The molecule has 3 rings (SSSR count). The number of hydrogen-bond donors (Lipinski definition) is 2. The van der Waals surface area contributed by atoms with Gasteiger partial charge in [0, 0.05) is 24.6 Å². The third-order valence-electron chi connectivity index (χ3n) is 2.96. The molecule has 0 amide bonds. The lowest BCUT2D eigenvalue weighted by Crippen LogP contribution is -2.16. The number of H-pyrrole nitrogens is 1. The summed E-state index contributed by atoms with van der Waals surface area (Å²) in [4.78, 5) is 14.1. The van der Waals surface area contributed by atoms with Gasteiger partial charge in [0.25, 0.3) is 0 Å². The smallest absolute Gasteiger partial charge is 0.330 e. The lowest BCUT2D eigenvalue weighted by molar-refractivity contribution is 0.828. The van der Waals surface area contributed by atoms with Crippen LogP contribution < -0.4 is 11.0 Å². The van der Waals surface area contributed by atoms with E-state index < -0.39 is 0 Å². The molecule has 0 aliphatic carbocycles. The van der Waals surface area contributed by atoms with Gasteiger partial charge in [-0.15, -0.1) is 0 Å². The van der Waals surface area contributed by atoms with Crippen molar-refractivity contribution >= 4 is 5.69 Å². The second-order valence-corrected chi connectivity index (χ2v) is 4.01. The maximum atomic E-state index is 11.5. The molecule has 4 nitrogen and oxygen atoms in total. The van der Waals surface area contributed by atoms with Gasteiger partial charge in [-0.05, 0) is 30.5 Å². The van der Waals surface area contributed by atoms with Gasteiger partial charge in [0.1, 0.15) is 0 Å². The van der Waals surface area contributed by atoms with Crippen molar-refractivity contribution in [2.45, 2.75) is 12.8 Å². The fourth-order valence-electron chi connectivity index (χ4n) is 2.12. The molecule has 2 heterocycles. The number of aryl methyl sites for hydroxylation is 1. The number of anilines is 1. The Hall–Kier alpha value is -1.97. The predicted octanol–water partition coefficient (Wildman–Crippen LogP) is 1.52. The van der Waals surface area contributed by atoms with Crippen molar-refractivity contribution in [2.24, 2.45) is 0 Å². The Bertz CT molecular complexity index is 568. The summed E-state index contributed by atoms with van der Waals surface area (Å²) in [5, 5.41) is 3.36. The Kier molecular flexibility index (Phi) is 2.06. The van der Waals surface area contributed by atoms with Crippen molar-refractivity contribution in [3.05, 3.63) is 46.6 Å². The van der Waals surface area contributed by atoms with E-state index in [0.717, 1.165) is 24.3 Å². The summed E-state index contributed by atoms with van der Waals surface area (Å²) in [7, 11) is 0. The van der Waals surface area contributed by atoms with E-state index in [1.807, 2.05) is 12.1 Å². The van der Waals surface area contributed by atoms with E-state index in [2.05, 4.69) is 16.4 Å². The van der Waals surface area contributed by atoms with E-state index in [0.29, 0.717) is 0 Å². The molecule has 2 aromatic rings. The normalized spacial score (nSPS) is 14.2. The molecule has 16 heavy (non-hydrogen) atoms. The molecule has 1 aromatic heterocycles. The standard InChI is InChI=1S/C12H13N3O/c16-12-14-6-7-15(12)10-4-3-9-2-1-5-13-11(9)8-10/h3-4,6-8,13H,1-2,5H2,(H,14,16). The second-order valence-electron chi connectivity index (χ2n) is 4.01. The Morgan fingerprint density at radius 3 is 3.06 bits per heavy atom. The van der Waals surface area contributed by atoms with E-state index in [-0.39, 0.29) is 5.69 Å². The number of imidazole rings is 1. The van der Waals surface area contributed by atoms with Crippen molar-refractivity contribution in [1.82, 2.24) is 9.55 Å². The first-order valence-corrected chi connectivity index (χ1v) is 5.48. The van der Waals surface area contributed by atoms with Crippen LogP contribution in [0.5, 0.6) is 0 Å². The van der Waals surface area contributed by atoms with Crippen LogP contribution in [-0.2, 0) is 6.42 Å². The lowest BCUT2D eigenvalue weighted by Gasteiger charge is -2.18. The van der Waals surface area contributed by atoms with Gasteiger partial charge in [-0.3, -0.25) is 4.57 Å². The minimum atomic E-state index is -0.101. The molecule has 0 spiro atoms. The van der Waals surface area contributed by atoms with Gasteiger partial charge in [-0.1, -0.05) is 6.07 Å². The minimum Gasteiger partial charge on any atom is -0.385 e. The van der Waals surface area contributed by atoms with Gasteiger partial charge in [0.2, 0.25) is 0 Å². The van der Waals surface area contributed by atoms with Crippen molar-refractivity contribution in [3.63, 3.8) is 0 Å². The molecule has 0 unspecified atom stereocenters. The van der Waals surface area contributed by atoms with Gasteiger partial charge >= 0.3 is 5.69 Å². The molecule has 0 fully saturated rings. The highest BCUT2D eigenvalue weighted by atomic mass is 16.1. The minimum absolute atomic E-state index is 0.101. The van der Waals surface area contributed by atoms with Gasteiger partial charge in [0.15, 0.2) is 0 Å². The Labute approximate surface area is 92.9 Å². The average Bonchev–Trinajstić information content (AvgIpc) is 2.75. The Morgan fingerprint density at radius 1 is 1.31 bits per heavy atom. The zero-order chi connectivity index (χ0) is 11.0. The lowest BCUT2D eigenvalue weighted by atomic mass is 10.0. The molecule has 0 radical (unpaired) electrons. The number of benzene rings is 1. The monoisotopic (exact) mass is 215 g/mol. The molecule has 0 atom stereocenters. The first-order valence-electron chi connectivity index (χ1n) is 5.48. The number of hydrogen-bond acceptors (Lipinski definition) is 2. The molecular formula is C12H13N3O. The summed E-state index contributed by atoms with van der Waals surface area (Å²) in [6.45, 7) is 1.01. The zero-order valence-electron chi connectivity index (χ0n) is 8.86. The Morgan fingerprint density at radius 2 is 2.25 bits per heavy atom. The van der Waals surface area contributed by atoms with Crippen LogP contribution in [0.3, 0.4) is 0 Å². The quantitative estimate of drug-likeness (QED) is 0.757. The van der Waals surface area contributed by atoms with E-state index in [4.69, 9.17) is 0 Å². The van der Waals surface area contributed by atoms with Crippen LogP contribution in [0.15, 0.2) is 35.4 Å². The molecular weight excluding hydrogens is 202 g/mol. The van der Waals surface area contributed by atoms with Gasteiger partial charge < -0.3 is 10.3 Å². The van der Waals surface area contributed by atoms with Crippen LogP contribution in [0.1, 0.15) is 12.0 Å². The fraction of sp³-hybridized carbons (Fsp3) is 0.250. The van der Waals surface area contributed by atoms with Crippen LogP contribution >= 0.6 is 0 Å². The molecule has 0 bridgehead atoms. The van der Waals surface area contributed by atoms with Crippen molar-refractivity contribution in [2.75, 3.05) is 11.9 Å². The molecule has 1 aliphatic rings. The van der Waals surface area contributed by atoms with E-state index in [1.54, 1.807) is 17.0 Å². The van der Waals surface area contributed by atoms with E-state index in [1.165, 1.54) is 12.0 Å². The predicted molar refractivity (Wildman–Crippen MR) is 63.2 cm³/mol. The highest BCUT2D eigenvalue weighted by Crippen LogP contribution is 2.24. The average molecular weight is 215 g/mol. The fourth-order valence-corrected chi connectivity index (χ4v) is 2.12. The van der Waals surface area contributed by atoms with E-state index >= 15 is 0 Å². The van der Waals surface area contributed by atoms with Crippen molar-refractivity contribution in [3.8, 4) is 5.69 Å². The summed E-state index contributed by atoms with van der Waals surface area (Å²) < 4.78 is 1.61. The molecule has 82 valence electrons. The van der Waals surface area contributed by atoms with Crippen LogP contribution in [0.4, 0.5) is 5.69 Å². The highest BCUT2D eigenvalue weighted by molar-refractivity contribution is 5.58. The number of nitrogens with zero attached hydrogens (tertiary/aromatic N) is 1. The number of aromatic nitrogens is 2. The molecule has 4 heteroatoms. The zero-order valence-corrected chi connectivity index (χ0v) is 8.86. The van der Waals surface area contributed by atoms with Crippen molar-refractivity contribution < 1.29 is 0 Å². The third kappa shape index (κ3) is 1.43. The molecule has 2 N–H and O–H groups in total. The molecule has 0 saturated heterocycles.